The fraction of sp³-hybridized carbons (Fsp3) is 0.409. The Labute approximate surface area is 159 Å². The summed E-state index contributed by atoms with van der Waals surface area (Å²) in [6.07, 6.45) is 1.71. The molecule has 27 heavy (non-hydrogen) atoms. The molecule has 0 radical (unpaired) electrons. The lowest BCUT2D eigenvalue weighted by Crippen LogP contribution is -2.50. The van der Waals surface area contributed by atoms with Crippen LogP contribution in [0.1, 0.15) is 18.4 Å². The van der Waals surface area contributed by atoms with Crippen LogP contribution in [-0.4, -0.2) is 50.3 Å². The van der Waals surface area contributed by atoms with E-state index in [2.05, 4.69) is 12.1 Å². The Morgan fingerprint density at radius 2 is 1.81 bits per heavy atom. The molecule has 1 heterocycles. The molecule has 1 atom stereocenters. The minimum absolute atomic E-state index is 0.140. The van der Waals surface area contributed by atoms with Gasteiger partial charge in [0, 0.05) is 6.54 Å². The lowest BCUT2D eigenvalue weighted by molar-refractivity contribution is -0.142. The largest absolute Gasteiger partial charge is 0.493 e. The number of carbonyl (C=O) groups is 1. The summed E-state index contributed by atoms with van der Waals surface area (Å²) in [7, 11) is 1.62. The van der Waals surface area contributed by atoms with Crippen molar-refractivity contribution < 1.29 is 19.0 Å². The number of benzene rings is 2. The van der Waals surface area contributed by atoms with Crippen molar-refractivity contribution in [2.75, 3.05) is 33.4 Å². The van der Waals surface area contributed by atoms with Crippen molar-refractivity contribution in [3.05, 3.63) is 60.2 Å². The third-order valence-electron chi connectivity index (χ3n) is 5.41. The van der Waals surface area contributed by atoms with Gasteiger partial charge in [0.1, 0.15) is 12.7 Å². The molecule has 1 saturated heterocycles. The Hall–Kier alpha value is -2.53. The van der Waals surface area contributed by atoms with Crippen molar-refractivity contribution in [3.8, 4) is 11.5 Å². The fourth-order valence-electron chi connectivity index (χ4n) is 3.74. The number of morpholine rings is 1. The maximum absolute atomic E-state index is 13.2. The van der Waals surface area contributed by atoms with Gasteiger partial charge in [-0.25, -0.2) is 0 Å². The smallest absolute Gasteiger partial charge is 0.233 e. The van der Waals surface area contributed by atoms with Gasteiger partial charge in [0.05, 0.1) is 25.7 Å². The van der Waals surface area contributed by atoms with Gasteiger partial charge in [-0.2, -0.15) is 0 Å². The molecular weight excluding hydrogens is 342 g/mol. The third kappa shape index (κ3) is 3.65. The first-order valence-corrected chi connectivity index (χ1v) is 9.45. The zero-order valence-corrected chi connectivity index (χ0v) is 15.6. The molecule has 0 spiro atoms. The molecule has 4 rings (SSSR count). The summed E-state index contributed by atoms with van der Waals surface area (Å²) in [6, 6.07) is 17.7. The van der Waals surface area contributed by atoms with Gasteiger partial charge in [-0.05, 0) is 30.5 Å². The number of hydrogen-bond donors (Lipinski definition) is 0. The van der Waals surface area contributed by atoms with Gasteiger partial charge >= 0.3 is 0 Å². The summed E-state index contributed by atoms with van der Waals surface area (Å²) in [5, 5.41) is 0. The Bertz CT molecular complexity index is 788. The van der Waals surface area contributed by atoms with Crippen LogP contribution in [0.2, 0.25) is 0 Å². The summed E-state index contributed by atoms with van der Waals surface area (Å²) >= 11 is 0. The summed E-state index contributed by atoms with van der Waals surface area (Å²) in [5.41, 5.74) is 0.801. The van der Waals surface area contributed by atoms with E-state index in [9.17, 15) is 4.79 Å². The zero-order chi connectivity index (χ0) is 18.7. The predicted octanol–water partition coefficient (Wildman–Crippen LogP) is 3.03. The quantitative estimate of drug-likeness (QED) is 0.787. The van der Waals surface area contributed by atoms with E-state index in [1.165, 1.54) is 0 Å². The molecule has 1 amide bonds. The minimum atomic E-state index is -0.327. The van der Waals surface area contributed by atoms with Gasteiger partial charge < -0.3 is 19.1 Å². The predicted molar refractivity (Wildman–Crippen MR) is 102 cm³/mol. The van der Waals surface area contributed by atoms with Crippen LogP contribution in [-0.2, 0) is 14.9 Å². The van der Waals surface area contributed by atoms with Gasteiger partial charge in [-0.1, -0.05) is 42.5 Å². The molecule has 5 heteroatoms. The van der Waals surface area contributed by atoms with Gasteiger partial charge in [0.25, 0.3) is 0 Å². The lowest BCUT2D eigenvalue weighted by atomic mass is 9.94. The molecule has 1 unspecified atom stereocenters. The minimum Gasteiger partial charge on any atom is -0.493 e. The van der Waals surface area contributed by atoms with Crippen LogP contribution < -0.4 is 9.47 Å². The van der Waals surface area contributed by atoms with E-state index in [0.29, 0.717) is 37.8 Å². The van der Waals surface area contributed by atoms with Crippen LogP contribution in [0.15, 0.2) is 54.6 Å². The van der Waals surface area contributed by atoms with Gasteiger partial charge in [0.2, 0.25) is 5.91 Å². The van der Waals surface area contributed by atoms with Crippen molar-refractivity contribution in [1.82, 2.24) is 4.90 Å². The first-order chi connectivity index (χ1) is 13.2. The van der Waals surface area contributed by atoms with Crippen LogP contribution in [0.3, 0.4) is 0 Å². The molecule has 142 valence electrons. The van der Waals surface area contributed by atoms with E-state index in [1.54, 1.807) is 7.11 Å². The Morgan fingerprint density at radius 1 is 1.11 bits per heavy atom. The van der Waals surface area contributed by atoms with E-state index >= 15 is 0 Å². The Balaban J connectivity index is 1.39. The van der Waals surface area contributed by atoms with E-state index in [1.807, 2.05) is 47.4 Å². The fourth-order valence-corrected chi connectivity index (χ4v) is 3.74. The van der Waals surface area contributed by atoms with Crippen molar-refractivity contribution in [2.45, 2.75) is 24.4 Å². The van der Waals surface area contributed by atoms with E-state index in [4.69, 9.17) is 14.2 Å². The second-order valence-electron chi connectivity index (χ2n) is 7.15. The molecule has 0 aromatic heterocycles. The van der Waals surface area contributed by atoms with Crippen molar-refractivity contribution in [3.63, 3.8) is 0 Å². The van der Waals surface area contributed by atoms with Crippen molar-refractivity contribution >= 4 is 5.91 Å². The number of nitrogens with zero attached hydrogens (tertiary/aromatic N) is 1. The average Bonchev–Trinajstić information content (AvgIpc) is 3.55. The molecule has 2 fully saturated rings. The number of carbonyl (C=O) groups excluding carboxylic acids is 1. The molecule has 5 nitrogen and oxygen atoms in total. The molecule has 2 aromatic rings. The number of hydrogen-bond acceptors (Lipinski definition) is 4. The van der Waals surface area contributed by atoms with Crippen molar-refractivity contribution in [1.29, 1.82) is 0 Å². The van der Waals surface area contributed by atoms with Gasteiger partial charge in [-0.3, -0.25) is 4.79 Å². The van der Waals surface area contributed by atoms with Crippen molar-refractivity contribution in [2.24, 2.45) is 0 Å². The maximum Gasteiger partial charge on any atom is 0.233 e. The van der Waals surface area contributed by atoms with Gasteiger partial charge in [-0.15, -0.1) is 0 Å². The number of para-hydroxylation sites is 2. The molecule has 0 bridgehead atoms. The lowest BCUT2D eigenvalue weighted by Gasteiger charge is -2.35. The highest BCUT2D eigenvalue weighted by atomic mass is 16.5. The Kier molecular flexibility index (Phi) is 5.03. The second kappa shape index (κ2) is 7.61. The van der Waals surface area contributed by atoms with E-state index in [-0.39, 0.29) is 17.4 Å². The molecule has 0 N–H and O–H groups in total. The topological polar surface area (TPSA) is 48.0 Å². The molecular formula is C22H25NO4. The molecule has 1 saturated carbocycles. The SMILES string of the molecule is COc1ccccc1OCC1CN(C(=O)C2(c3ccccc3)CC2)CCO1. The van der Waals surface area contributed by atoms with Gasteiger partial charge in [0.15, 0.2) is 11.5 Å². The van der Waals surface area contributed by atoms with E-state index < -0.39 is 0 Å². The maximum atomic E-state index is 13.2. The van der Waals surface area contributed by atoms with Crippen LogP contribution in [0, 0.1) is 0 Å². The third-order valence-corrected chi connectivity index (χ3v) is 5.41. The van der Waals surface area contributed by atoms with Crippen LogP contribution >= 0.6 is 0 Å². The molecule has 2 aliphatic rings. The summed E-state index contributed by atoms with van der Waals surface area (Å²) in [6.45, 7) is 2.13. The summed E-state index contributed by atoms with van der Waals surface area (Å²) in [5.74, 6) is 1.61. The highest BCUT2D eigenvalue weighted by molar-refractivity contribution is 5.91. The summed E-state index contributed by atoms with van der Waals surface area (Å²) in [4.78, 5) is 15.2. The van der Waals surface area contributed by atoms with Crippen LogP contribution in [0.25, 0.3) is 0 Å². The monoisotopic (exact) mass is 367 g/mol. The van der Waals surface area contributed by atoms with Crippen LogP contribution in [0.5, 0.6) is 11.5 Å². The van der Waals surface area contributed by atoms with E-state index in [0.717, 1.165) is 18.4 Å². The number of amides is 1. The average molecular weight is 367 g/mol. The van der Waals surface area contributed by atoms with Crippen LogP contribution in [0.4, 0.5) is 0 Å². The number of methoxy groups -OCH3 is 1. The zero-order valence-electron chi connectivity index (χ0n) is 15.6. The molecule has 1 aliphatic heterocycles. The second-order valence-corrected chi connectivity index (χ2v) is 7.15. The molecule has 2 aromatic carbocycles. The number of ether oxygens (including phenoxy) is 3. The summed E-state index contributed by atoms with van der Waals surface area (Å²) < 4.78 is 17.0. The first-order valence-electron chi connectivity index (χ1n) is 9.45. The normalized spacial score (nSPS) is 20.8. The first kappa shape index (κ1) is 17.9. The number of rotatable bonds is 6. The Morgan fingerprint density at radius 3 is 2.52 bits per heavy atom. The highest BCUT2D eigenvalue weighted by Gasteiger charge is 2.53. The highest BCUT2D eigenvalue weighted by Crippen LogP contribution is 2.49. The molecule has 1 aliphatic carbocycles. The standard InChI is InChI=1S/C22H25NO4/c1-25-19-9-5-6-10-20(19)27-16-18-15-23(13-14-26-18)21(24)22(11-12-22)17-7-3-2-4-8-17/h2-10,18H,11-16H2,1H3.